The standard InChI is InChI=1S/C40H79N3O6/c1-3-5-7-9-11-13-15-17-19-21-23-25-27-29-31-43(40-37(42-35(45)32-41)39(48)38(47)34(33-44)49-40)36(46)30-28-26-24-22-20-18-16-14-12-10-8-6-4-2/h34,37-40,44,47-48H,3-33,41H2,1-2H3,(H,42,45)/t34-,37-,38-,39-,40-/m1/s1. The number of ether oxygens (including phenoxy) is 1. The summed E-state index contributed by atoms with van der Waals surface area (Å²) in [6.45, 7) is 4.14. The molecule has 2 amide bonds. The van der Waals surface area contributed by atoms with E-state index in [4.69, 9.17) is 10.5 Å². The molecule has 1 fully saturated rings. The number of hydrogen-bond donors (Lipinski definition) is 5. The van der Waals surface area contributed by atoms with Crippen molar-refractivity contribution in [3.8, 4) is 0 Å². The molecule has 1 saturated heterocycles. The quantitative estimate of drug-likeness (QED) is 0.0443. The number of carbonyl (C=O) groups is 2. The summed E-state index contributed by atoms with van der Waals surface area (Å²) in [7, 11) is 0. The lowest BCUT2D eigenvalue weighted by Crippen LogP contribution is -2.69. The van der Waals surface area contributed by atoms with Gasteiger partial charge < -0.3 is 36.0 Å². The molecule has 0 bridgehead atoms. The molecule has 49 heavy (non-hydrogen) atoms. The van der Waals surface area contributed by atoms with Gasteiger partial charge in [-0.05, 0) is 12.8 Å². The van der Waals surface area contributed by atoms with Gasteiger partial charge in [0.05, 0.1) is 13.2 Å². The van der Waals surface area contributed by atoms with Gasteiger partial charge in [-0.1, -0.05) is 174 Å². The lowest BCUT2D eigenvalue weighted by atomic mass is 9.94. The van der Waals surface area contributed by atoms with Crippen molar-refractivity contribution in [1.82, 2.24) is 10.2 Å². The number of unbranched alkanes of at least 4 members (excludes halogenated alkanes) is 25. The van der Waals surface area contributed by atoms with Crippen molar-refractivity contribution in [2.45, 2.75) is 224 Å². The highest BCUT2D eigenvalue weighted by Gasteiger charge is 2.48. The monoisotopic (exact) mass is 698 g/mol. The number of aliphatic hydroxyl groups is 3. The minimum absolute atomic E-state index is 0.0879. The smallest absolute Gasteiger partial charge is 0.234 e. The van der Waals surface area contributed by atoms with Crippen molar-refractivity contribution in [3.63, 3.8) is 0 Å². The molecule has 9 nitrogen and oxygen atoms in total. The number of nitrogens with zero attached hydrogens (tertiary/aromatic N) is 1. The van der Waals surface area contributed by atoms with Crippen LogP contribution in [-0.2, 0) is 14.3 Å². The molecule has 0 aromatic carbocycles. The van der Waals surface area contributed by atoms with E-state index in [1.54, 1.807) is 4.90 Å². The Bertz CT molecular complexity index is 787. The second-order valence-electron chi connectivity index (χ2n) is 14.7. The van der Waals surface area contributed by atoms with Gasteiger partial charge in [-0.15, -0.1) is 0 Å². The van der Waals surface area contributed by atoms with E-state index in [-0.39, 0.29) is 12.5 Å². The van der Waals surface area contributed by atoms with E-state index >= 15 is 0 Å². The normalized spacial score (nSPS) is 20.8. The lowest BCUT2D eigenvalue weighted by molar-refractivity contribution is -0.231. The van der Waals surface area contributed by atoms with Gasteiger partial charge in [0.1, 0.15) is 24.4 Å². The maximum atomic E-state index is 13.7. The van der Waals surface area contributed by atoms with Crippen LogP contribution in [0.2, 0.25) is 0 Å². The highest BCUT2D eigenvalue weighted by molar-refractivity contribution is 5.79. The summed E-state index contributed by atoms with van der Waals surface area (Å²) in [4.78, 5) is 27.6. The van der Waals surface area contributed by atoms with Gasteiger partial charge in [0, 0.05) is 13.0 Å². The van der Waals surface area contributed by atoms with Gasteiger partial charge in [-0.25, -0.2) is 0 Å². The maximum absolute atomic E-state index is 13.7. The zero-order chi connectivity index (χ0) is 36.0. The van der Waals surface area contributed by atoms with E-state index in [2.05, 4.69) is 19.2 Å². The van der Waals surface area contributed by atoms with Crippen LogP contribution in [0.3, 0.4) is 0 Å². The topological polar surface area (TPSA) is 145 Å². The van der Waals surface area contributed by atoms with E-state index in [0.29, 0.717) is 13.0 Å². The fourth-order valence-electron chi connectivity index (χ4n) is 7.07. The van der Waals surface area contributed by atoms with Crippen LogP contribution in [0.1, 0.15) is 194 Å². The van der Waals surface area contributed by atoms with Crippen LogP contribution in [0.4, 0.5) is 0 Å². The van der Waals surface area contributed by atoms with Crippen molar-refractivity contribution in [1.29, 1.82) is 0 Å². The van der Waals surface area contributed by atoms with Crippen molar-refractivity contribution >= 4 is 11.8 Å². The number of aliphatic hydroxyl groups excluding tert-OH is 3. The molecule has 290 valence electrons. The molecule has 0 spiro atoms. The average Bonchev–Trinajstić information content (AvgIpc) is 3.10. The van der Waals surface area contributed by atoms with Crippen LogP contribution in [0.15, 0.2) is 0 Å². The summed E-state index contributed by atoms with van der Waals surface area (Å²) in [6.07, 6.45) is 28.8. The van der Waals surface area contributed by atoms with Crippen LogP contribution in [0.25, 0.3) is 0 Å². The number of amides is 2. The minimum Gasteiger partial charge on any atom is -0.394 e. The van der Waals surface area contributed by atoms with Crippen LogP contribution in [0, 0.1) is 0 Å². The molecule has 1 heterocycles. The Hall–Kier alpha value is -1.26. The zero-order valence-corrected chi connectivity index (χ0v) is 31.9. The first-order chi connectivity index (χ1) is 23.9. The molecule has 6 N–H and O–H groups in total. The van der Waals surface area contributed by atoms with Crippen LogP contribution in [-0.4, -0.2) is 82.3 Å². The molecule has 9 heteroatoms. The maximum Gasteiger partial charge on any atom is 0.234 e. The highest BCUT2D eigenvalue weighted by Crippen LogP contribution is 2.26. The molecular formula is C40H79N3O6. The third-order valence-electron chi connectivity index (χ3n) is 10.3. The zero-order valence-electron chi connectivity index (χ0n) is 31.9. The first-order valence-electron chi connectivity index (χ1n) is 20.8. The molecule has 1 aliphatic rings. The van der Waals surface area contributed by atoms with E-state index in [1.165, 1.54) is 135 Å². The molecule has 0 saturated carbocycles. The summed E-state index contributed by atoms with van der Waals surface area (Å²) in [6, 6.07) is -1.05. The third kappa shape index (κ3) is 21.6. The molecule has 5 atom stereocenters. The van der Waals surface area contributed by atoms with Gasteiger partial charge in [-0.2, -0.15) is 0 Å². The van der Waals surface area contributed by atoms with Gasteiger partial charge in [0.15, 0.2) is 6.23 Å². The third-order valence-corrected chi connectivity index (χ3v) is 10.3. The number of carbonyl (C=O) groups excluding carboxylic acids is 2. The fourth-order valence-corrected chi connectivity index (χ4v) is 7.07. The van der Waals surface area contributed by atoms with Gasteiger partial charge in [0.25, 0.3) is 0 Å². The largest absolute Gasteiger partial charge is 0.394 e. The van der Waals surface area contributed by atoms with Crippen LogP contribution < -0.4 is 11.1 Å². The Kier molecular flexibility index (Phi) is 29.4. The summed E-state index contributed by atoms with van der Waals surface area (Å²) < 4.78 is 6.04. The molecule has 0 unspecified atom stereocenters. The van der Waals surface area contributed by atoms with Gasteiger partial charge >= 0.3 is 0 Å². The van der Waals surface area contributed by atoms with E-state index in [1.807, 2.05) is 0 Å². The number of nitrogens with one attached hydrogen (secondary N) is 1. The lowest BCUT2D eigenvalue weighted by Gasteiger charge is -2.46. The SMILES string of the molecule is CCCCCCCCCCCCCCCCN(C(=O)CCCCCCCCCCCCCCC)[C@@H]1O[C@H](CO)[C@@H](O)[C@H](O)[C@H]1NC(=O)CN. The van der Waals surface area contributed by atoms with Crippen LogP contribution >= 0.6 is 0 Å². The molecule has 0 aromatic rings. The first kappa shape index (κ1) is 45.8. The summed E-state index contributed by atoms with van der Waals surface area (Å²) in [5.74, 6) is -0.595. The molecule has 1 aliphatic heterocycles. The van der Waals surface area contributed by atoms with E-state index in [9.17, 15) is 24.9 Å². The predicted molar refractivity (Wildman–Crippen MR) is 201 cm³/mol. The Morgan fingerprint density at radius 3 is 1.39 bits per heavy atom. The molecular weight excluding hydrogens is 618 g/mol. The van der Waals surface area contributed by atoms with Crippen molar-refractivity contribution < 1.29 is 29.6 Å². The van der Waals surface area contributed by atoms with E-state index in [0.717, 1.165) is 38.5 Å². The minimum atomic E-state index is -1.41. The van der Waals surface area contributed by atoms with Crippen molar-refractivity contribution in [2.24, 2.45) is 5.73 Å². The number of nitrogens with two attached hydrogens (primary N) is 1. The first-order valence-corrected chi connectivity index (χ1v) is 20.8. The van der Waals surface area contributed by atoms with Gasteiger partial charge in [-0.3, -0.25) is 9.59 Å². The summed E-state index contributed by atoms with van der Waals surface area (Å²) in [5.41, 5.74) is 5.54. The average molecular weight is 698 g/mol. The molecule has 0 aliphatic carbocycles. The Morgan fingerprint density at radius 1 is 0.612 bits per heavy atom. The fraction of sp³-hybridized carbons (Fsp3) is 0.950. The Morgan fingerprint density at radius 2 is 1.00 bits per heavy atom. The van der Waals surface area contributed by atoms with Crippen LogP contribution in [0.5, 0.6) is 0 Å². The Labute approximate surface area is 300 Å². The van der Waals surface area contributed by atoms with E-state index < -0.39 is 43.1 Å². The molecule has 0 aromatic heterocycles. The summed E-state index contributed by atoms with van der Waals surface area (Å²) >= 11 is 0. The number of rotatable bonds is 33. The summed E-state index contributed by atoms with van der Waals surface area (Å²) in [5, 5.41) is 34.0. The van der Waals surface area contributed by atoms with Gasteiger partial charge in [0.2, 0.25) is 11.8 Å². The molecule has 0 radical (unpaired) electrons. The Balaban J connectivity index is 2.56. The number of hydrogen-bond acceptors (Lipinski definition) is 7. The predicted octanol–water partition coefficient (Wildman–Crippen LogP) is 7.66. The second kappa shape index (κ2) is 31.5. The molecule has 1 rings (SSSR count). The second-order valence-corrected chi connectivity index (χ2v) is 14.7. The van der Waals surface area contributed by atoms with Crippen molar-refractivity contribution in [2.75, 3.05) is 19.7 Å². The highest BCUT2D eigenvalue weighted by atomic mass is 16.5. The van der Waals surface area contributed by atoms with Crippen molar-refractivity contribution in [3.05, 3.63) is 0 Å².